The summed E-state index contributed by atoms with van der Waals surface area (Å²) in [5, 5.41) is 0. The summed E-state index contributed by atoms with van der Waals surface area (Å²) in [6, 6.07) is 6.49. The van der Waals surface area contributed by atoms with E-state index in [9.17, 15) is 13.2 Å². The van der Waals surface area contributed by atoms with Gasteiger partial charge in [0.15, 0.2) is 0 Å². The second-order valence-corrected chi connectivity index (χ2v) is 13.0. The summed E-state index contributed by atoms with van der Waals surface area (Å²) < 4.78 is 61.5. The number of esters is 1. The molecule has 0 aliphatic carbocycles. The molecule has 0 atom stereocenters. The van der Waals surface area contributed by atoms with Gasteiger partial charge in [-0.3, -0.25) is 8.98 Å². The van der Waals surface area contributed by atoms with E-state index in [1.165, 1.54) is 82.8 Å². The monoisotopic (exact) mass is 674 g/mol. The summed E-state index contributed by atoms with van der Waals surface area (Å²) in [7, 11) is -3.77. The molecule has 0 amide bonds. The van der Waals surface area contributed by atoms with E-state index in [2.05, 4.69) is 6.92 Å². The molecule has 268 valence electrons. The molecule has 0 aliphatic heterocycles. The number of benzene rings is 1. The van der Waals surface area contributed by atoms with Crippen molar-refractivity contribution in [2.45, 2.75) is 109 Å². The number of aryl methyl sites for hydroxylation is 1. The van der Waals surface area contributed by atoms with Gasteiger partial charge in [-0.15, -0.1) is 0 Å². The Morgan fingerprint density at radius 2 is 0.891 bits per heavy atom. The Hall–Kier alpha value is -1.60. The van der Waals surface area contributed by atoms with Crippen molar-refractivity contribution in [1.82, 2.24) is 0 Å². The summed E-state index contributed by atoms with van der Waals surface area (Å²) in [6.07, 6.45) is 17.2. The van der Waals surface area contributed by atoms with Gasteiger partial charge in [-0.1, -0.05) is 102 Å². The zero-order chi connectivity index (χ0) is 33.4. The zero-order valence-corrected chi connectivity index (χ0v) is 29.5. The van der Waals surface area contributed by atoms with E-state index in [1.54, 1.807) is 12.1 Å². The zero-order valence-electron chi connectivity index (χ0n) is 28.7. The second kappa shape index (κ2) is 30.7. The number of carbonyl (C=O) groups excluding carboxylic acids is 1. The number of unbranched alkanes of at least 4 members (excludes halogenated alkanes) is 12. The molecule has 11 heteroatoms. The molecule has 0 N–H and O–H groups in total. The lowest BCUT2D eigenvalue weighted by atomic mass is 10.0. The van der Waals surface area contributed by atoms with Gasteiger partial charge in [-0.25, -0.2) is 0 Å². The minimum atomic E-state index is -3.77. The Kier molecular flexibility index (Phi) is 28.3. The highest BCUT2D eigenvalue weighted by Crippen LogP contribution is 2.14. The average molecular weight is 675 g/mol. The van der Waals surface area contributed by atoms with Gasteiger partial charge in [0.05, 0.1) is 77.6 Å². The molecule has 10 nitrogen and oxygen atoms in total. The molecular weight excluding hydrogens is 612 g/mol. The second-order valence-electron chi connectivity index (χ2n) is 11.4. The van der Waals surface area contributed by atoms with E-state index in [-0.39, 0.29) is 30.7 Å². The molecule has 1 aromatic carbocycles. The van der Waals surface area contributed by atoms with E-state index in [1.807, 2.05) is 6.92 Å². The third-order valence-electron chi connectivity index (χ3n) is 7.24. The number of hydrogen-bond donors (Lipinski definition) is 0. The summed E-state index contributed by atoms with van der Waals surface area (Å²) >= 11 is 0. The highest BCUT2D eigenvalue weighted by atomic mass is 32.2. The Morgan fingerprint density at radius 1 is 0.522 bits per heavy atom. The van der Waals surface area contributed by atoms with Gasteiger partial charge in [0.2, 0.25) is 0 Å². The van der Waals surface area contributed by atoms with Crippen LogP contribution in [0.25, 0.3) is 0 Å². The Morgan fingerprint density at radius 3 is 1.33 bits per heavy atom. The minimum Gasteiger partial charge on any atom is -0.463 e. The van der Waals surface area contributed by atoms with Gasteiger partial charge in [0.25, 0.3) is 10.1 Å². The molecule has 0 saturated heterocycles. The molecule has 1 rings (SSSR count). The summed E-state index contributed by atoms with van der Waals surface area (Å²) in [6.45, 7) is 8.21. The highest BCUT2D eigenvalue weighted by Gasteiger charge is 2.14. The van der Waals surface area contributed by atoms with Crippen LogP contribution in [0.5, 0.6) is 0 Å². The van der Waals surface area contributed by atoms with Crippen molar-refractivity contribution in [2.75, 3.05) is 79.3 Å². The van der Waals surface area contributed by atoms with Gasteiger partial charge in [-0.2, -0.15) is 8.42 Å². The number of rotatable bonds is 34. The van der Waals surface area contributed by atoms with Crippen LogP contribution in [-0.2, 0) is 47.5 Å². The van der Waals surface area contributed by atoms with Gasteiger partial charge in [0, 0.05) is 6.42 Å². The predicted molar refractivity (Wildman–Crippen MR) is 180 cm³/mol. The van der Waals surface area contributed by atoms with Crippen molar-refractivity contribution >= 4 is 16.1 Å². The molecule has 0 bridgehead atoms. The fourth-order valence-electron chi connectivity index (χ4n) is 4.53. The molecule has 0 aromatic heterocycles. The fraction of sp³-hybridized carbons (Fsp3) is 0.800. The van der Waals surface area contributed by atoms with Crippen molar-refractivity contribution in [3.63, 3.8) is 0 Å². The SMILES string of the molecule is CCCCCCCCCCCCCCCC(=O)OCCOCCOCCOCCOCCOCCOS(=O)(=O)c1ccc(C)cc1. The third kappa shape index (κ3) is 26.5. The molecule has 0 fully saturated rings. The van der Waals surface area contributed by atoms with Crippen molar-refractivity contribution in [3.05, 3.63) is 29.8 Å². The maximum absolute atomic E-state index is 12.1. The number of carbonyl (C=O) groups is 1. The first-order chi connectivity index (χ1) is 22.5. The normalized spacial score (nSPS) is 11.7. The van der Waals surface area contributed by atoms with Gasteiger partial charge >= 0.3 is 5.97 Å². The van der Waals surface area contributed by atoms with E-state index < -0.39 is 10.1 Å². The summed E-state index contributed by atoms with van der Waals surface area (Å²) in [5.41, 5.74) is 0.977. The Bertz CT molecular complexity index is 924. The van der Waals surface area contributed by atoms with Crippen LogP contribution >= 0.6 is 0 Å². The van der Waals surface area contributed by atoms with Crippen molar-refractivity contribution in [2.24, 2.45) is 0 Å². The lowest BCUT2D eigenvalue weighted by Gasteiger charge is -2.09. The quantitative estimate of drug-likeness (QED) is 0.0439. The Balaban J connectivity index is 1.73. The van der Waals surface area contributed by atoms with Crippen LogP contribution in [0.4, 0.5) is 0 Å². The van der Waals surface area contributed by atoms with E-state index in [0.717, 1.165) is 18.4 Å². The minimum absolute atomic E-state index is 0.0582. The molecular formula is C35H62O10S. The predicted octanol–water partition coefficient (Wildman–Crippen LogP) is 6.81. The largest absolute Gasteiger partial charge is 0.463 e. The van der Waals surface area contributed by atoms with Crippen LogP contribution in [0.15, 0.2) is 29.2 Å². The van der Waals surface area contributed by atoms with Crippen molar-refractivity contribution in [1.29, 1.82) is 0 Å². The topological polar surface area (TPSA) is 116 Å². The maximum Gasteiger partial charge on any atom is 0.305 e. The lowest BCUT2D eigenvalue weighted by Crippen LogP contribution is -2.15. The van der Waals surface area contributed by atoms with Gasteiger partial charge < -0.3 is 28.4 Å². The maximum atomic E-state index is 12.1. The summed E-state index contributed by atoms with van der Waals surface area (Å²) in [4.78, 5) is 12.0. The molecule has 46 heavy (non-hydrogen) atoms. The van der Waals surface area contributed by atoms with Crippen LogP contribution in [0.2, 0.25) is 0 Å². The Labute approximate surface area is 279 Å². The average Bonchev–Trinajstić information content (AvgIpc) is 3.04. The summed E-state index contributed by atoms with van der Waals surface area (Å²) in [5.74, 6) is -0.145. The highest BCUT2D eigenvalue weighted by molar-refractivity contribution is 7.86. The van der Waals surface area contributed by atoms with Crippen molar-refractivity contribution in [3.8, 4) is 0 Å². The van der Waals surface area contributed by atoms with Crippen LogP contribution < -0.4 is 0 Å². The number of hydrogen-bond acceptors (Lipinski definition) is 10. The molecule has 0 spiro atoms. The van der Waals surface area contributed by atoms with E-state index in [0.29, 0.717) is 65.9 Å². The molecule has 0 heterocycles. The van der Waals surface area contributed by atoms with Crippen LogP contribution in [0.3, 0.4) is 0 Å². The molecule has 1 aromatic rings. The smallest absolute Gasteiger partial charge is 0.305 e. The third-order valence-corrected chi connectivity index (χ3v) is 8.57. The van der Waals surface area contributed by atoms with Crippen LogP contribution in [0, 0.1) is 6.92 Å². The molecule has 0 radical (unpaired) electrons. The van der Waals surface area contributed by atoms with E-state index in [4.69, 9.17) is 32.6 Å². The van der Waals surface area contributed by atoms with Gasteiger partial charge in [-0.05, 0) is 25.5 Å². The van der Waals surface area contributed by atoms with E-state index >= 15 is 0 Å². The standard InChI is InChI=1S/C35H62O10S/c1-3-4-5-6-7-8-9-10-11-12-13-14-15-16-35(36)44-31-29-42-27-25-40-23-21-39-22-24-41-26-28-43-30-32-45-46(37,38)34-19-17-33(2)18-20-34/h17-20H,3-16,21-32H2,1-2H3. The van der Waals surface area contributed by atoms with Gasteiger partial charge in [0.1, 0.15) is 6.61 Å². The molecule has 0 aliphatic rings. The fourth-order valence-corrected chi connectivity index (χ4v) is 5.42. The first-order valence-corrected chi connectivity index (χ1v) is 18.9. The molecule has 0 saturated carbocycles. The van der Waals surface area contributed by atoms with Crippen LogP contribution in [-0.4, -0.2) is 93.7 Å². The first-order valence-electron chi connectivity index (χ1n) is 17.5. The van der Waals surface area contributed by atoms with Crippen molar-refractivity contribution < 1.29 is 45.8 Å². The lowest BCUT2D eigenvalue weighted by molar-refractivity contribution is -0.145. The van der Waals surface area contributed by atoms with Crippen LogP contribution in [0.1, 0.15) is 102 Å². The number of ether oxygens (including phenoxy) is 6. The molecule has 0 unspecified atom stereocenters. The first kappa shape index (κ1) is 42.4.